The third kappa shape index (κ3) is 2.78. The van der Waals surface area contributed by atoms with Crippen LogP contribution in [0.1, 0.15) is 31.0 Å². The summed E-state index contributed by atoms with van der Waals surface area (Å²) < 4.78 is 18.9. The number of nitrogens with zero attached hydrogens (tertiary/aromatic N) is 1. The van der Waals surface area contributed by atoms with E-state index in [9.17, 15) is 4.39 Å². The number of aromatic nitrogens is 1. The molecule has 19 heavy (non-hydrogen) atoms. The molecular formula is C14H19FN2OS. The molecule has 0 aromatic carbocycles. The molecule has 104 valence electrons. The van der Waals surface area contributed by atoms with Gasteiger partial charge in [-0.05, 0) is 43.1 Å². The number of pyridine rings is 1. The first-order valence-corrected chi connectivity index (χ1v) is 7.93. The first-order valence-electron chi connectivity index (χ1n) is 6.77. The minimum atomic E-state index is -0.313. The minimum Gasteiger partial charge on any atom is -0.374 e. The predicted octanol–water partition coefficient (Wildman–Crippen LogP) is 2.52. The maximum Gasteiger partial charge on any atom is 0.141 e. The minimum absolute atomic E-state index is 0.0330. The lowest BCUT2D eigenvalue weighted by Crippen LogP contribution is -2.42. The smallest absolute Gasteiger partial charge is 0.141 e. The van der Waals surface area contributed by atoms with Gasteiger partial charge in [-0.25, -0.2) is 4.39 Å². The van der Waals surface area contributed by atoms with Crippen LogP contribution in [-0.2, 0) is 4.74 Å². The highest BCUT2D eigenvalue weighted by Gasteiger charge is 2.42. The lowest BCUT2D eigenvalue weighted by Gasteiger charge is -2.39. The van der Waals surface area contributed by atoms with E-state index >= 15 is 0 Å². The predicted molar refractivity (Wildman–Crippen MR) is 74.5 cm³/mol. The van der Waals surface area contributed by atoms with Crippen molar-refractivity contribution in [1.29, 1.82) is 0 Å². The van der Waals surface area contributed by atoms with Crippen LogP contribution in [-0.4, -0.2) is 28.7 Å². The Morgan fingerprint density at radius 3 is 3.11 bits per heavy atom. The molecule has 0 saturated carbocycles. The van der Waals surface area contributed by atoms with Crippen molar-refractivity contribution in [1.82, 2.24) is 4.98 Å². The molecule has 2 aliphatic rings. The Hall–Kier alpha value is -0.650. The van der Waals surface area contributed by atoms with E-state index in [4.69, 9.17) is 10.5 Å². The molecule has 3 unspecified atom stereocenters. The number of halogens is 1. The normalized spacial score (nSPS) is 32.6. The van der Waals surface area contributed by atoms with Crippen LogP contribution in [0.5, 0.6) is 0 Å². The molecule has 0 bridgehead atoms. The van der Waals surface area contributed by atoms with Crippen molar-refractivity contribution < 1.29 is 9.13 Å². The van der Waals surface area contributed by atoms with Crippen molar-refractivity contribution in [3.05, 3.63) is 29.8 Å². The molecule has 0 amide bonds. The summed E-state index contributed by atoms with van der Waals surface area (Å²) in [6.45, 7) is 0.778. The molecule has 1 aromatic rings. The van der Waals surface area contributed by atoms with Gasteiger partial charge in [0.15, 0.2) is 0 Å². The van der Waals surface area contributed by atoms with Gasteiger partial charge in [-0.3, -0.25) is 4.98 Å². The zero-order valence-electron chi connectivity index (χ0n) is 10.8. The number of hydrogen-bond donors (Lipinski definition) is 1. The zero-order chi connectivity index (χ0) is 13.3. The van der Waals surface area contributed by atoms with E-state index < -0.39 is 0 Å². The second-order valence-electron chi connectivity index (χ2n) is 5.51. The molecule has 1 aromatic heterocycles. The fourth-order valence-electron chi connectivity index (χ4n) is 3.06. The Labute approximate surface area is 117 Å². The van der Waals surface area contributed by atoms with Gasteiger partial charge in [-0.1, -0.05) is 0 Å². The Bertz CT molecular complexity index is 434. The number of thioether (sulfide) groups is 1. The van der Waals surface area contributed by atoms with Crippen LogP contribution in [0, 0.1) is 11.7 Å². The zero-order valence-corrected chi connectivity index (χ0v) is 11.7. The molecule has 3 heterocycles. The average molecular weight is 282 g/mol. The summed E-state index contributed by atoms with van der Waals surface area (Å²) >= 11 is 1.96. The van der Waals surface area contributed by atoms with Gasteiger partial charge < -0.3 is 10.5 Å². The molecule has 2 saturated heterocycles. The molecule has 0 aliphatic carbocycles. The summed E-state index contributed by atoms with van der Waals surface area (Å²) in [5.74, 6) is 2.32. The van der Waals surface area contributed by atoms with E-state index in [0.717, 1.165) is 37.3 Å². The summed E-state index contributed by atoms with van der Waals surface area (Å²) in [7, 11) is 0. The monoisotopic (exact) mass is 282 g/mol. The molecule has 2 N–H and O–H groups in total. The van der Waals surface area contributed by atoms with Crippen molar-refractivity contribution in [2.24, 2.45) is 11.7 Å². The van der Waals surface area contributed by atoms with E-state index in [1.54, 1.807) is 6.07 Å². The maximum atomic E-state index is 12.9. The standard InChI is InChI=1S/C14H19FN2OS/c15-11-1-2-12(17-8-11)13(16)10-3-5-18-14(7-10)4-6-19-9-14/h1-2,8,10,13H,3-7,9,16H2. The van der Waals surface area contributed by atoms with Crippen LogP contribution >= 0.6 is 11.8 Å². The van der Waals surface area contributed by atoms with Gasteiger partial charge in [-0.2, -0.15) is 11.8 Å². The molecule has 1 spiro atoms. The fraction of sp³-hybridized carbons (Fsp3) is 0.643. The van der Waals surface area contributed by atoms with Gasteiger partial charge in [0.05, 0.1) is 23.5 Å². The molecular weight excluding hydrogens is 263 g/mol. The molecule has 3 nitrogen and oxygen atoms in total. The van der Waals surface area contributed by atoms with E-state index in [0.29, 0.717) is 5.92 Å². The van der Waals surface area contributed by atoms with Crippen molar-refractivity contribution in [2.75, 3.05) is 18.1 Å². The van der Waals surface area contributed by atoms with Gasteiger partial charge in [0.25, 0.3) is 0 Å². The van der Waals surface area contributed by atoms with Gasteiger partial charge in [0.1, 0.15) is 5.82 Å². The quantitative estimate of drug-likeness (QED) is 0.905. The Kier molecular flexibility index (Phi) is 3.78. The van der Waals surface area contributed by atoms with E-state index in [1.807, 2.05) is 11.8 Å². The topological polar surface area (TPSA) is 48.1 Å². The first-order chi connectivity index (χ1) is 9.19. The lowest BCUT2D eigenvalue weighted by molar-refractivity contribution is -0.0836. The van der Waals surface area contributed by atoms with Crippen molar-refractivity contribution in [3.8, 4) is 0 Å². The van der Waals surface area contributed by atoms with E-state index in [2.05, 4.69) is 4.98 Å². The summed E-state index contributed by atoms with van der Waals surface area (Å²) in [4.78, 5) is 4.12. The van der Waals surface area contributed by atoms with Crippen LogP contribution in [0.15, 0.2) is 18.3 Å². The third-order valence-electron chi connectivity index (χ3n) is 4.20. The van der Waals surface area contributed by atoms with Gasteiger partial charge >= 0.3 is 0 Å². The highest BCUT2D eigenvalue weighted by atomic mass is 32.2. The molecule has 0 radical (unpaired) electrons. The van der Waals surface area contributed by atoms with Crippen LogP contribution in [0.25, 0.3) is 0 Å². The van der Waals surface area contributed by atoms with Gasteiger partial charge in [0.2, 0.25) is 0 Å². The Morgan fingerprint density at radius 2 is 2.42 bits per heavy atom. The van der Waals surface area contributed by atoms with E-state index in [-0.39, 0.29) is 17.5 Å². The Balaban J connectivity index is 1.72. The summed E-state index contributed by atoms with van der Waals surface area (Å²) in [5.41, 5.74) is 7.14. The van der Waals surface area contributed by atoms with Crippen molar-refractivity contribution in [2.45, 2.75) is 30.9 Å². The average Bonchev–Trinajstić information content (AvgIpc) is 2.87. The number of hydrogen-bond acceptors (Lipinski definition) is 4. The largest absolute Gasteiger partial charge is 0.374 e. The van der Waals surface area contributed by atoms with Crippen LogP contribution in [0.2, 0.25) is 0 Å². The summed E-state index contributed by atoms with van der Waals surface area (Å²) in [6.07, 6.45) is 4.33. The van der Waals surface area contributed by atoms with Gasteiger partial charge in [0, 0.05) is 12.4 Å². The molecule has 5 heteroatoms. The molecule has 3 atom stereocenters. The molecule has 2 fully saturated rings. The second-order valence-corrected chi connectivity index (χ2v) is 6.62. The third-order valence-corrected chi connectivity index (χ3v) is 5.42. The summed E-state index contributed by atoms with van der Waals surface area (Å²) in [6, 6.07) is 3.01. The first kappa shape index (κ1) is 13.3. The van der Waals surface area contributed by atoms with E-state index in [1.165, 1.54) is 18.0 Å². The fourth-order valence-corrected chi connectivity index (χ4v) is 4.44. The van der Waals surface area contributed by atoms with Crippen LogP contribution < -0.4 is 5.73 Å². The maximum absolute atomic E-state index is 12.9. The second kappa shape index (κ2) is 5.38. The highest BCUT2D eigenvalue weighted by molar-refractivity contribution is 7.99. The summed E-state index contributed by atoms with van der Waals surface area (Å²) in [5, 5.41) is 0. The number of rotatable bonds is 2. The highest BCUT2D eigenvalue weighted by Crippen LogP contribution is 2.43. The number of ether oxygens (including phenoxy) is 1. The van der Waals surface area contributed by atoms with Gasteiger partial charge in [-0.15, -0.1) is 0 Å². The molecule has 2 aliphatic heterocycles. The Morgan fingerprint density at radius 1 is 1.53 bits per heavy atom. The lowest BCUT2D eigenvalue weighted by atomic mass is 9.80. The van der Waals surface area contributed by atoms with Crippen molar-refractivity contribution in [3.63, 3.8) is 0 Å². The van der Waals surface area contributed by atoms with Crippen molar-refractivity contribution >= 4 is 11.8 Å². The molecule has 3 rings (SSSR count). The van der Waals surface area contributed by atoms with Crippen LogP contribution in [0.3, 0.4) is 0 Å². The van der Waals surface area contributed by atoms with Crippen LogP contribution in [0.4, 0.5) is 4.39 Å². The SMILES string of the molecule is NC(c1ccc(F)cn1)C1CCOC2(CCSC2)C1. The number of nitrogens with two attached hydrogens (primary N) is 1.